The van der Waals surface area contributed by atoms with Gasteiger partial charge in [-0.3, -0.25) is 4.79 Å². The van der Waals surface area contributed by atoms with Gasteiger partial charge in [-0.25, -0.2) is 0 Å². The van der Waals surface area contributed by atoms with Crippen LogP contribution in [0.3, 0.4) is 0 Å². The molecule has 34 heavy (non-hydrogen) atoms. The van der Waals surface area contributed by atoms with Gasteiger partial charge in [-0.2, -0.15) is 0 Å². The second kappa shape index (κ2) is 8.94. The number of ketones is 1. The Labute approximate surface area is 206 Å². The van der Waals surface area contributed by atoms with E-state index in [9.17, 15) is 4.79 Å². The molecule has 1 N–H and O–H groups in total. The van der Waals surface area contributed by atoms with Gasteiger partial charge < -0.3 is 0 Å². The summed E-state index contributed by atoms with van der Waals surface area (Å²) in [6, 6.07) is 41.7. The summed E-state index contributed by atoms with van der Waals surface area (Å²) in [4.78, 5) is 13.4. The van der Waals surface area contributed by atoms with Crippen molar-refractivity contribution in [3.63, 3.8) is 0 Å². The summed E-state index contributed by atoms with van der Waals surface area (Å²) < 4.78 is 2.48. The van der Waals surface area contributed by atoms with Crippen LogP contribution in [0.5, 0.6) is 0 Å². The molecule has 0 fully saturated rings. The minimum absolute atomic E-state index is 0.305. The molecule has 162 valence electrons. The molecule has 5 aromatic carbocycles. The highest BCUT2D eigenvalue weighted by Gasteiger charge is 2.19. The molecule has 0 aliphatic heterocycles. The Morgan fingerprint density at radius 2 is 1.29 bits per heavy atom. The number of benzene rings is 5. The summed E-state index contributed by atoms with van der Waals surface area (Å²) in [5, 5.41) is 2.42. The van der Waals surface area contributed by atoms with Crippen LogP contribution in [-0.2, 0) is 0 Å². The topological polar surface area (TPSA) is 21.4 Å². The third-order valence-electron chi connectivity index (χ3n) is 5.96. The van der Waals surface area contributed by atoms with Gasteiger partial charge in [-0.15, -0.1) is 11.3 Å². The van der Waals surface area contributed by atoms with Gasteiger partial charge in [0.1, 0.15) is 0 Å². The number of hydrogen-bond donors (Lipinski definition) is 0. The van der Waals surface area contributed by atoms with E-state index in [0.29, 0.717) is 5.78 Å². The monoisotopic (exact) mass is 473 g/mol. The number of hydrogen-bond acceptors (Lipinski definition) is 2. The zero-order valence-corrected chi connectivity index (χ0v) is 19.9. The predicted octanol–water partition coefficient (Wildman–Crippen LogP) is 8.81. The van der Waals surface area contributed by atoms with Crippen LogP contribution >= 0.6 is 23.1 Å². The molecule has 6 rings (SSSR count). The molecule has 1 nitrogen and oxygen atoms in total. The fraction of sp³-hybridized carbons (Fsp3) is 0. The van der Waals surface area contributed by atoms with Crippen LogP contribution in [0.1, 0.15) is 11.1 Å². The lowest BCUT2D eigenvalue weighted by molar-refractivity contribution is 0.679. The Hall–Kier alpha value is -3.66. The molecular weight excluding hydrogens is 452 g/mol. The first-order valence-electron chi connectivity index (χ1n) is 11.2. The first-order chi connectivity index (χ1) is 16.8. The lowest BCUT2D eigenvalue weighted by atomic mass is 9.97. The molecule has 0 saturated carbocycles. The smallest absolute Gasteiger partial charge is 0.273 e. The van der Waals surface area contributed by atoms with Gasteiger partial charge in [0, 0.05) is 30.0 Å². The average molecular weight is 474 g/mol. The van der Waals surface area contributed by atoms with Crippen molar-refractivity contribution in [3.05, 3.63) is 132 Å². The van der Waals surface area contributed by atoms with E-state index in [2.05, 4.69) is 78.9 Å². The molecular formula is C31H21OS2+. The molecule has 0 unspecified atom stereocenters. The quantitative estimate of drug-likeness (QED) is 0.181. The largest absolute Gasteiger partial charge is 0.354 e. The first-order valence-corrected chi connectivity index (χ1v) is 12.8. The molecule has 0 aliphatic rings. The van der Waals surface area contributed by atoms with Gasteiger partial charge in [0.2, 0.25) is 0 Å². The van der Waals surface area contributed by atoms with E-state index in [-0.39, 0.29) is 0 Å². The van der Waals surface area contributed by atoms with Crippen molar-refractivity contribution in [1.82, 2.24) is 0 Å². The minimum atomic E-state index is 0.305. The maximum Gasteiger partial charge on any atom is 0.354 e. The van der Waals surface area contributed by atoms with Crippen molar-refractivity contribution in [1.29, 1.82) is 0 Å². The lowest BCUT2D eigenvalue weighted by Gasteiger charge is -2.11. The van der Waals surface area contributed by atoms with Crippen molar-refractivity contribution in [2.24, 2.45) is 0 Å². The van der Waals surface area contributed by atoms with E-state index in [1.165, 1.54) is 41.1 Å². The molecule has 1 heterocycles. The first kappa shape index (κ1) is 20.9. The van der Waals surface area contributed by atoms with Crippen LogP contribution in [0.25, 0.3) is 31.3 Å². The Kier molecular flexibility index (Phi) is 5.50. The van der Waals surface area contributed by atoms with E-state index in [1.807, 2.05) is 42.5 Å². The zero-order chi connectivity index (χ0) is 22.9. The molecule has 0 radical (unpaired) electrons. The average Bonchev–Trinajstić information content (AvgIpc) is 3.28. The lowest BCUT2D eigenvalue weighted by Crippen LogP contribution is -2.02. The number of fused-ring (bicyclic) bond motifs is 3. The summed E-state index contributed by atoms with van der Waals surface area (Å²) in [5.41, 5.74) is 4.11. The SMILES string of the molecule is [OH+]=C(c1ccccc1)c1ccc2sc3cccc(-c4ccccc4Sc4ccccc4)c3c2c1. The van der Waals surface area contributed by atoms with Crippen molar-refractivity contribution in [3.8, 4) is 11.1 Å². The molecule has 0 bridgehead atoms. The van der Waals surface area contributed by atoms with Crippen LogP contribution < -0.4 is 0 Å². The Balaban J connectivity index is 1.52. The van der Waals surface area contributed by atoms with Gasteiger partial charge in [0.05, 0.1) is 11.1 Å². The molecule has 3 heteroatoms. The fourth-order valence-corrected chi connectivity index (χ4v) is 6.45. The fourth-order valence-electron chi connectivity index (χ4n) is 4.35. The molecule has 0 spiro atoms. The third kappa shape index (κ3) is 3.83. The van der Waals surface area contributed by atoms with Crippen LogP contribution in [0, 0.1) is 0 Å². The molecule has 1 aromatic heterocycles. The van der Waals surface area contributed by atoms with Gasteiger partial charge in [0.25, 0.3) is 0 Å². The van der Waals surface area contributed by atoms with E-state index in [1.54, 1.807) is 23.1 Å². The Morgan fingerprint density at radius 1 is 0.588 bits per heavy atom. The van der Waals surface area contributed by atoms with Crippen molar-refractivity contribution < 1.29 is 4.79 Å². The molecule has 6 aromatic rings. The maximum absolute atomic E-state index is 11.0. The van der Waals surface area contributed by atoms with Crippen LogP contribution in [0.2, 0.25) is 0 Å². The summed E-state index contributed by atoms with van der Waals surface area (Å²) in [6.45, 7) is 0. The number of rotatable bonds is 5. The molecule has 0 atom stereocenters. The molecule has 0 saturated heterocycles. The van der Waals surface area contributed by atoms with E-state index < -0.39 is 0 Å². The van der Waals surface area contributed by atoms with Crippen LogP contribution in [0.4, 0.5) is 0 Å². The maximum atomic E-state index is 11.0. The summed E-state index contributed by atoms with van der Waals surface area (Å²) in [5.74, 6) is 0.305. The molecule has 0 amide bonds. The van der Waals surface area contributed by atoms with Crippen molar-refractivity contribution in [2.45, 2.75) is 9.79 Å². The van der Waals surface area contributed by atoms with Gasteiger partial charge in [0.15, 0.2) is 0 Å². The number of carbonyl (C=O) groups excluding carboxylic acids is 1. The predicted molar refractivity (Wildman–Crippen MR) is 147 cm³/mol. The third-order valence-corrected chi connectivity index (χ3v) is 8.18. The van der Waals surface area contributed by atoms with Gasteiger partial charge in [-0.05, 0) is 65.7 Å². The Bertz CT molecular complexity index is 1630. The minimum Gasteiger partial charge on any atom is -0.273 e. The van der Waals surface area contributed by atoms with Crippen LogP contribution in [-0.4, -0.2) is 10.6 Å². The molecule has 0 aliphatic carbocycles. The standard InChI is InChI=1S/C31H20OS2/c32-31(21-10-3-1-4-11-21)22-18-19-28-26(20-22)30-25(15-9-17-29(30)34-28)24-14-7-8-16-27(24)33-23-12-5-2-6-13-23/h1-20H/p+1. The second-order valence-corrected chi connectivity index (χ2v) is 10.3. The summed E-state index contributed by atoms with van der Waals surface area (Å²) >= 11 is 3.59. The van der Waals surface area contributed by atoms with Gasteiger partial charge in [-0.1, -0.05) is 78.5 Å². The van der Waals surface area contributed by atoms with E-state index >= 15 is 0 Å². The van der Waals surface area contributed by atoms with E-state index in [0.717, 1.165) is 11.1 Å². The number of thiophene rings is 1. The summed E-state index contributed by atoms with van der Waals surface area (Å²) in [6.07, 6.45) is 0. The van der Waals surface area contributed by atoms with E-state index in [4.69, 9.17) is 0 Å². The van der Waals surface area contributed by atoms with Gasteiger partial charge >= 0.3 is 5.78 Å². The van der Waals surface area contributed by atoms with Crippen molar-refractivity contribution in [2.75, 3.05) is 0 Å². The second-order valence-electron chi connectivity index (χ2n) is 8.12. The normalized spacial score (nSPS) is 11.2. The highest BCUT2D eigenvalue weighted by Crippen LogP contribution is 2.44. The zero-order valence-electron chi connectivity index (χ0n) is 18.3. The highest BCUT2D eigenvalue weighted by atomic mass is 32.2. The van der Waals surface area contributed by atoms with Crippen molar-refractivity contribution >= 4 is 49.1 Å². The highest BCUT2D eigenvalue weighted by molar-refractivity contribution is 7.99. The summed E-state index contributed by atoms with van der Waals surface area (Å²) in [7, 11) is 0. The Morgan fingerprint density at radius 3 is 2.12 bits per heavy atom. The van der Waals surface area contributed by atoms with Crippen LogP contribution in [0.15, 0.2) is 131 Å².